The number of aromatic nitrogens is 1. The van der Waals surface area contributed by atoms with Crippen molar-refractivity contribution in [2.45, 2.75) is 4.90 Å². The number of nitrogens with zero attached hydrogens (tertiary/aromatic N) is 2. The lowest BCUT2D eigenvalue weighted by Gasteiger charge is -2.24. The van der Waals surface area contributed by atoms with Crippen LogP contribution in [-0.2, 0) is 19.6 Å². The van der Waals surface area contributed by atoms with E-state index in [0.717, 1.165) is 16.4 Å². The highest BCUT2D eigenvalue weighted by atomic mass is 32.2. The molecule has 1 heterocycles. The average molecular weight is 417 g/mol. The van der Waals surface area contributed by atoms with Crippen LogP contribution in [0.4, 0.5) is 10.1 Å². The van der Waals surface area contributed by atoms with Crippen molar-refractivity contribution in [1.82, 2.24) is 10.3 Å². The number of nitrogens with one attached hydrogen (secondary N) is 1. The van der Waals surface area contributed by atoms with E-state index in [1.54, 1.807) is 24.4 Å². The summed E-state index contributed by atoms with van der Waals surface area (Å²) in [4.78, 5) is 16.4. The molecule has 0 spiro atoms. The van der Waals surface area contributed by atoms with Gasteiger partial charge in [-0.25, -0.2) is 12.8 Å². The summed E-state index contributed by atoms with van der Waals surface area (Å²) < 4.78 is 46.2. The van der Waals surface area contributed by atoms with E-state index in [0.29, 0.717) is 17.4 Å². The van der Waals surface area contributed by atoms with E-state index in [4.69, 9.17) is 4.74 Å². The highest BCUT2D eigenvalue weighted by molar-refractivity contribution is 7.93. The minimum Gasteiger partial charge on any atom is -0.383 e. The summed E-state index contributed by atoms with van der Waals surface area (Å²) in [7, 11) is -2.63. The Hall–Kier alpha value is -3.04. The predicted octanol–water partition coefficient (Wildman–Crippen LogP) is 2.33. The fraction of sp³-hybridized carbons (Fsp3) is 0.200. The molecular formula is C20H20FN3O4S. The molecular weight excluding hydrogens is 397 g/mol. The second-order valence-electron chi connectivity index (χ2n) is 6.18. The molecule has 2 aromatic carbocycles. The first-order valence-corrected chi connectivity index (χ1v) is 10.2. The smallest absolute Gasteiger partial charge is 0.265 e. The molecule has 0 aliphatic rings. The van der Waals surface area contributed by atoms with Crippen LogP contribution in [0.25, 0.3) is 10.8 Å². The molecule has 3 aromatic rings. The van der Waals surface area contributed by atoms with Crippen molar-refractivity contribution in [2.24, 2.45) is 0 Å². The van der Waals surface area contributed by atoms with Crippen molar-refractivity contribution >= 4 is 32.4 Å². The Labute approximate surface area is 168 Å². The fourth-order valence-electron chi connectivity index (χ4n) is 2.84. The number of ether oxygens (including phenoxy) is 1. The summed E-state index contributed by atoms with van der Waals surface area (Å²) >= 11 is 0. The van der Waals surface area contributed by atoms with E-state index in [9.17, 15) is 17.6 Å². The first kappa shape index (κ1) is 20.7. The molecule has 1 amide bonds. The second-order valence-corrected chi connectivity index (χ2v) is 8.01. The van der Waals surface area contributed by atoms with E-state index >= 15 is 0 Å². The van der Waals surface area contributed by atoms with E-state index in [2.05, 4.69) is 10.3 Å². The van der Waals surface area contributed by atoms with Crippen LogP contribution in [0, 0.1) is 5.82 Å². The van der Waals surface area contributed by atoms with E-state index in [-0.39, 0.29) is 17.1 Å². The van der Waals surface area contributed by atoms with Gasteiger partial charge >= 0.3 is 0 Å². The number of carbonyl (C=O) groups excluding carboxylic acids is 1. The first-order valence-electron chi connectivity index (χ1n) is 8.80. The molecule has 1 aromatic heterocycles. The number of methoxy groups -OCH3 is 1. The SMILES string of the molecule is COCCNC(=O)CN(c1ccc(F)cc1)S(=O)(=O)c1cccc2cnccc12. The number of halogens is 1. The maximum atomic E-state index is 13.5. The van der Waals surface area contributed by atoms with Crippen LogP contribution < -0.4 is 9.62 Å². The van der Waals surface area contributed by atoms with Gasteiger partial charge in [0.2, 0.25) is 5.91 Å². The molecule has 0 unspecified atom stereocenters. The zero-order valence-corrected chi connectivity index (χ0v) is 16.5. The molecule has 29 heavy (non-hydrogen) atoms. The van der Waals surface area contributed by atoms with Crippen LogP contribution in [0.5, 0.6) is 0 Å². The quantitative estimate of drug-likeness (QED) is 0.569. The first-order chi connectivity index (χ1) is 13.9. The maximum Gasteiger partial charge on any atom is 0.265 e. The molecule has 0 saturated heterocycles. The third-order valence-corrected chi connectivity index (χ3v) is 6.07. The molecule has 1 N–H and O–H groups in total. The summed E-state index contributed by atoms with van der Waals surface area (Å²) in [5.41, 5.74) is 0.180. The normalized spacial score (nSPS) is 11.4. The number of sulfonamides is 1. The summed E-state index contributed by atoms with van der Waals surface area (Å²) in [5, 5.41) is 3.73. The Morgan fingerprint density at radius 2 is 1.93 bits per heavy atom. The lowest BCUT2D eigenvalue weighted by molar-refractivity contribution is -0.119. The molecule has 0 saturated carbocycles. The highest BCUT2D eigenvalue weighted by Crippen LogP contribution is 2.28. The Bertz CT molecular complexity index is 1100. The molecule has 9 heteroatoms. The van der Waals surface area contributed by atoms with Gasteiger partial charge in [-0.1, -0.05) is 12.1 Å². The number of anilines is 1. The van der Waals surface area contributed by atoms with Crippen LogP contribution in [-0.4, -0.2) is 46.1 Å². The Morgan fingerprint density at radius 3 is 2.66 bits per heavy atom. The van der Waals surface area contributed by atoms with Crippen molar-refractivity contribution in [2.75, 3.05) is 31.1 Å². The number of hydrogen-bond donors (Lipinski definition) is 1. The molecule has 0 aliphatic heterocycles. The van der Waals surface area contributed by atoms with Crippen molar-refractivity contribution in [3.8, 4) is 0 Å². The van der Waals surface area contributed by atoms with E-state index in [1.807, 2.05) is 0 Å². The van der Waals surface area contributed by atoms with E-state index < -0.39 is 28.3 Å². The zero-order valence-electron chi connectivity index (χ0n) is 15.7. The second kappa shape index (κ2) is 8.97. The molecule has 0 atom stereocenters. The topological polar surface area (TPSA) is 88.6 Å². The van der Waals surface area contributed by atoms with Gasteiger partial charge < -0.3 is 10.1 Å². The van der Waals surface area contributed by atoms with Gasteiger partial charge in [-0.3, -0.25) is 14.1 Å². The van der Waals surface area contributed by atoms with Gasteiger partial charge in [0.15, 0.2) is 0 Å². The minimum absolute atomic E-state index is 0.0337. The number of carbonyl (C=O) groups is 1. The summed E-state index contributed by atoms with van der Waals surface area (Å²) in [6, 6.07) is 11.4. The van der Waals surface area contributed by atoms with Gasteiger partial charge in [-0.2, -0.15) is 0 Å². The highest BCUT2D eigenvalue weighted by Gasteiger charge is 2.28. The monoisotopic (exact) mass is 417 g/mol. The summed E-state index contributed by atoms with van der Waals surface area (Å²) in [6.07, 6.45) is 3.06. The molecule has 3 rings (SSSR count). The Kier molecular flexibility index (Phi) is 6.40. The minimum atomic E-state index is -4.13. The van der Waals surface area contributed by atoms with Crippen molar-refractivity contribution < 1.29 is 22.3 Å². The van der Waals surface area contributed by atoms with Gasteiger partial charge in [0.05, 0.1) is 17.2 Å². The molecule has 0 aliphatic carbocycles. The summed E-state index contributed by atoms with van der Waals surface area (Å²) in [5.74, 6) is -1.01. The lowest BCUT2D eigenvalue weighted by Crippen LogP contribution is -2.41. The molecule has 0 fully saturated rings. The van der Waals surface area contributed by atoms with Crippen LogP contribution in [0.15, 0.2) is 65.8 Å². The number of fused-ring (bicyclic) bond motifs is 1. The molecule has 0 radical (unpaired) electrons. The number of benzene rings is 2. The molecule has 0 bridgehead atoms. The van der Waals surface area contributed by atoms with Crippen LogP contribution >= 0.6 is 0 Å². The van der Waals surface area contributed by atoms with Gasteiger partial charge in [0.1, 0.15) is 12.4 Å². The van der Waals surface area contributed by atoms with Crippen molar-refractivity contribution in [3.63, 3.8) is 0 Å². The Morgan fingerprint density at radius 1 is 1.17 bits per heavy atom. The van der Waals surface area contributed by atoms with Gasteiger partial charge in [0, 0.05) is 36.8 Å². The number of amides is 1. The van der Waals surface area contributed by atoms with Crippen LogP contribution in [0.3, 0.4) is 0 Å². The standard InChI is InChI=1S/C20H20FN3O4S/c1-28-12-11-23-20(25)14-24(17-7-5-16(21)6-8-17)29(26,27)19-4-2-3-15-13-22-10-9-18(15)19/h2-10,13H,11-12,14H2,1H3,(H,23,25). The maximum absolute atomic E-state index is 13.5. The molecule has 7 nitrogen and oxygen atoms in total. The van der Waals surface area contributed by atoms with Gasteiger partial charge in [-0.15, -0.1) is 0 Å². The molecule has 152 valence electrons. The lowest BCUT2D eigenvalue weighted by atomic mass is 10.2. The number of rotatable bonds is 8. The number of hydrogen-bond acceptors (Lipinski definition) is 5. The predicted molar refractivity (Wildman–Crippen MR) is 108 cm³/mol. The van der Waals surface area contributed by atoms with Crippen molar-refractivity contribution in [3.05, 3.63) is 66.7 Å². The summed E-state index contributed by atoms with van der Waals surface area (Å²) in [6.45, 7) is 0.0804. The van der Waals surface area contributed by atoms with Gasteiger partial charge in [-0.05, 0) is 36.4 Å². The fourth-order valence-corrected chi connectivity index (χ4v) is 4.48. The Balaban J connectivity index is 2.04. The van der Waals surface area contributed by atoms with Gasteiger partial charge in [0.25, 0.3) is 10.0 Å². The van der Waals surface area contributed by atoms with Crippen molar-refractivity contribution in [1.29, 1.82) is 0 Å². The zero-order chi connectivity index (χ0) is 20.9. The third kappa shape index (κ3) is 4.69. The largest absolute Gasteiger partial charge is 0.383 e. The van der Waals surface area contributed by atoms with Crippen LogP contribution in [0.1, 0.15) is 0 Å². The van der Waals surface area contributed by atoms with E-state index in [1.165, 1.54) is 31.5 Å². The van der Waals surface area contributed by atoms with Crippen LogP contribution in [0.2, 0.25) is 0 Å². The number of pyridine rings is 1. The third-order valence-electron chi connectivity index (χ3n) is 4.24. The average Bonchev–Trinajstić information content (AvgIpc) is 2.72.